The Kier molecular flexibility index (Phi) is 5.64. The van der Waals surface area contributed by atoms with Crippen LogP contribution >= 0.6 is 11.3 Å². The summed E-state index contributed by atoms with van der Waals surface area (Å²) in [7, 11) is 0. The lowest BCUT2D eigenvalue weighted by molar-refractivity contribution is -0.136. The van der Waals surface area contributed by atoms with E-state index in [2.05, 4.69) is 15.6 Å². The summed E-state index contributed by atoms with van der Waals surface area (Å²) in [4.78, 5) is 39.9. The highest BCUT2D eigenvalue weighted by Gasteiger charge is 2.21. The molecular formula is C16H17N3O4S. The number of aromatic nitrogens is 1. The summed E-state index contributed by atoms with van der Waals surface area (Å²) in [5.41, 5.74) is 1.51. The molecule has 0 aliphatic heterocycles. The fourth-order valence-corrected chi connectivity index (χ4v) is 3.09. The molecule has 0 unspecified atom stereocenters. The van der Waals surface area contributed by atoms with Gasteiger partial charge in [-0.25, -0.2) is 0 Å². The lowest BCUT2D eigenvalue weighted by Gasteiger charge is -2.08. The van der Waals surface area contributed by atoms with Crippen LogP contribution in [0.4, 0.5) is 5.00 Å². The number of hydrogen-bond donors (Lipinski definition) is 3. The largest absolute Gasteiger partial charge is 0.481 e. The van der Waals surface area contributed by atoms with Gasteiger partial charge in [-0.05, 0) is 31.5 Å². The second-order valence-electron chi connectivity index (χ2n) is 5.08. The molecule has 2 rings (SSSR count). The average molecular weight is 347 g/mol. The lowest BCUT2D eigenvalue weighted by atomic mass is 10.1. The minimum atomic E-state index is -0.987. The highest BCUT2D eigenvalue weighted by molar-refractivity contribution is 7.16. The van der Waals surface area contributed by atoms with Gasteiger partial charge < -0.3 is 15.7 Å². The first-order valence-electron chi connectivity index (χ1n) is 7.21. The summed E-state index contributed by atoms with van der Waals surface area (Å²) in [5.74, 6) is -1.75. The van der Waals surface area contributed by atoms with Crippen LogP contribution in [-0.4, -0.2) is 34.4 Å². The Morgan fingerprint density at radius 1 is 1.25 bits per heavy atom. The fraction of sp³-hybridized carbons (Fsp3) is 0.250. The predicted octanol–water partition coefficient (Wildman–Crippen LogP) is 2.22. The lowest BCUT2D eigenvalue weighted by Crippen LogP contribution is -2.27. The van der Waals surface area contributed by atoms with Crippen LogP contribution in [0.25, 0.3) is 0 Å². The number of aliphatic carboxylic acids is 1. The first-order chi connectivity index (χ1) is 11.4. The highest BCUT2D eigenvalue weighted by Crippen LogP contribution is 2.32. The van der Waals surface area contributed by atoms with E-state index in [1.165, 1.54) is 17.5 Å². The van der Waals surface area contributed by atoms with Crippen molar-refractivity contribution >= 4 is 34.1 Å². The van der Waals surface area contributed by atoms with Gasteiger partial charge in [0.05, 0.1) is 17.5 Å². The maximum absolute atomic E-state index is 12.3. The van der Waals surface area contributed by atoms with Gasteiger partial charge in [0.1, 0.15) is 5.00 Å². The summed E-state index contributed by atoms with van der Waals surface area (Å²) < 4.78 is 0. The minimum absolute atomic E-state index is 0.0263. The van der Waals surface area contributed by atoms with Gasteiger partial charge in [0, 0.05) is 23.8 Å². The number of carboxylic acid groups (broad SMARTS) is 1. The fourth-order valence-electron chi connectivity index (χ4n) is 2.03. The Hall–Kier alpha value is -2.74. The van der Waals surface area contributed by atoms with E-state index in [1.54, 1.807) is 25.3 Å². The van der Waals surface area contributed by atoms with Crippen LogP contribution in [0.5, 0.6) is 0 Å². The van der Waals surface area contributed by atoms with Crippen molar-refractivity contribution in [1.29, 1.82) is 0 Å². The van der Waals surface area contributed by atoms with E-state index in [1.807, 2.05) is 6.92 Å². The summed E-state index contributed by atoms with van der Waals surface area (Å²) in [6.45, 7) is 3.67. The monoisotopic (exact) mass is 347 g/mol. The van der Waals surface area contributed by atoms with Crippen LogP contribution in [0.1, 0.15) is 37.6 Å². The molecule has 0 fully saturated rings. The number of thiophene rings is 1. The van der Waals surface area contributed by atoms with Crippen molar-refractivity contribution < 1.29 is 19.5 Å². The first kappa shape index (κ1) is 17.6. The van der Waals surface area contributed by atoms with E-state index in [4.69, 9.17) is 5.11 Å². The van der Waals surface area contributed by atoms with Crippen molar-refractivity contribution in [2.75, 3.05) is 11.9 Å². The van der Waals surface area contributed by atoms with Crippen LogP contribution < -0.4 is 10.6 Å². The molecule has 126 valence electrons. The van der Waals surface area contributed by atoms with E-state index in [-0.39, 0.29) is 18.9 Å². The number of hydrogen-bond acceptors (Lipinski definition) is 5. The second kappa shape index (κ2) is 7.69. The zero-order valence-electron chi connectivity index (χ0n) is 13.3. The predicted molar refractivity (Wildman–Crippen MR) is 90.6 cm³/mol. The quantitative estimate of drug-likeness (QED) is 0.742. The molecule has 0 aliphatic carbocycles. The molecule has 2 aromatic rings. The van der Waals surface area contributed by atoms with Crippen molar-refractivity contribution in [1.82, 2.24) is 10.3 Å². The van der Waals surface area contributed by atoms with Crippen molar-refractivity contribution in [3.63, 3.8) is 0 Å². The number of nitrogens with zero attached hydrogens (tertiary/aromatic N) is 1. The maximum Gasteiger partial charge on any atom is 0.305 e. The summed E-state index contributed by atoms with van der Waals surface area (Å²) in [6.07, 6.45) is 2.85. The topological polar surface area (TPSA) is 108 Å². The summed E-state index contributed by atoms with van der Waals surface area (Å²) in [6, 6.07) is 3.28. The second-order valence-corrected chi connectivity index (χ2v) is 6.31. The Bertz CT molecular complexity index is 771. The molecule has 8 heteroatoms. The molecule has 0 radical (unpaired) electrons. The zero-order valence-corrected chi connectivity index (χ0v) is 14.1. The third kappa shape index (κ3) is 4.17. The molecule has 2 amide bonds. The molecular weight excluding hydrogens is 330 g/mol. The first-order valence-corrected chi connectivity index (χ1v) is 8.03. The maximum atomic E-state index is 12.3. The van der Waals surface area contributed by atoms with Gasteiger partial charge in [-0.3, -0.25) is 19.4 Å². The van der Waals surface area contributed by atoms with Crippen LogP contribution in [-0.2, 0) is 4.79 Å². The number of aryl methyl sites for hydroxylation is 1. The molecule has 0 saturated carbocycles. The van der Waals surface area contributed by atoms with Gasteiger partial charge >= 0.3 is 5.97 Å². The van der Waals surface area contributed by atoms with Crippen LogP contribution in [0.2, 0.25) is 0 Å². The third-order valence-electron chi connectivity index (χ3n) is 3.39. The number of carboxylic acids is 1. The molecule has 3 N–H and O–H groups in total. The zero-order chi connectivity index (χ0) is 17.7. The van der Waals surface area contributed by atoms with E-state index in [0.717, 1.165) is 10.4 Å². The normalized spacial score (nSPS) is 10.2. The molecule has 0 saturated heterocycles. The number of nitrogens with one attached hydrogen (secondary N) is 2. The van der Waals surface area contributed by atoms with Crippen molar-refractivity contribution in [2.45, 2.75) is 20.3 Å². The van der Waals surface area contributed by atoms with Crippen molar-refractivity contribution in [3.05, 3.63) is 46.1 Å². The van der Waals surface area contributed by atoms with Crippen molar-refractivity contribution in [2.24, 2.45) is 0 Å². The number of rotatable bonds is 6. The molecule has 0 atom stereocenters. The third-order valence-corrected chi connectivity index (χ3v) is 4.51. The molecule has 0 bridgehead atoms. The van der Waals surface area contributed by atoms with E-state index in [9.17, 15) is 14.4 Å². The summed E-state index contributed by atoms with van der Waals surface area (Å²) >= 11 is 1.30. The molecule has 2 heterocycles. The van der Waals surface area contributed by atoms with E-state index in [0.29, 0.717) is 16.1 Å². The minimum Gasteiger partial charge on any atom is -0.481 e. The Balaban J connectivity index is 2.18. The van der Waals surface area contributed by atoms with Crippen LogP contribution in [0.3, 0.4) is 0 Å². The van der Waals surface area contributed by atoms with Gasteiger partial charge in [0.25, 0.3) is 11.8 Å². The number of pyridine rings is 1. The molecule has 7 nitrogen and oxygen atoms in total. The molecule has 24 heavy (non-hydrogen) atoms. The number of amides is 2. The molecule has 2 aromatic heterocycles. The standard InChI is InChI=1S/C16H17N3O4S/c1-9-10(2)24-16(13(9)15(23)18-7-5-12(20)21)19-14(22)11-4-3-6-17-8-11/h3-4,6,8H,5,7H2,1-2H3,(H,18,23)(H,19,22)(H,20,21). The number of carbonyl (C=O) groups is 3. The average Bonchev–Trinajstić information content (AvgIpc) is 2.82. The van der Waals surface area contributed by atoms with Crippen LogP contribution in [0.15, 0.2) is 24.5 Å². The van der Waals surface area contributed by atoms with Gasteiger partial charge in [-0.1, -0.05) is 0 Å². The SMILES string of the molecule is Cc1sc(NC(=O)c2cccnc2)c(C(=O)NCCC(=O)O)c1C. The van der Waals surface area contributed by atoms with Gasteiger partial charge in [0.15, 0.2) is 0 Å². The highest BCUT2D eigenvalue weighted by atomic mass is 32.1. The van der Waals surface area contributed by atoms with Gasteiger partial charge in [-0.2, -0.15) is 0 Å². The van der Waals surface area contributed by atoms with Gasteiger partial charge in [-0.15, -0.1) is 11.3 Å². The molecule has 0 aromatic carbocycles. The number of anilines is 1. The molecule has 0 aliphatic rings. The molecule has 0 spiro atoms. The van der Waals surface area contributed by atoms with Crippen molar-refractivity contribution in [3.8, 4) is 0 Å². The Labute approximate surface area is 142 Å². The van der Waals surface area contributed by atoms with Crippen LogP contribution in [0, 0.1) is 13.8 Å². The van der Waals surface area contributed by atoms with Gasteiger partial charge in [0.2, 0.25) is 0 Å². The Morgan fingerprint density at radius 3 is 2.62 bits per heavy atom. The smallest absolute Gasteiger partial charge is 0.305 e. The van der Waals surface area contributed by atoms with E-state index < -0.39 is 11.9 Å². The van der Waals surface area contributed by atoms with E-state index >= 15 is 0 Å². The summed E-state index contributed by atoms with van der Waals surface area (Å²) in [5, 5.41) is 14.4. The number of carbonyl (C=O) groups excluding carboxylic acids is 2. The Morgan fingerprint density at radius 2 is 2.00 bits per heavy atom.